The van der Waals surface area contributed by atoms with Crippen LogP contribution in [-0.2, 0) is 19.1 Å². The zero-order chi connectivity index (χ0) is 12.5. The van der Waals surface area contributed by atoms with E-state index in [4.69, 9.17) is 9.47 Å². The summed E-state index contributed by atoms with van der Waals surface area (Å²) in [4.78, 5) is 21.8. The fourth-order valence-corrected chi connectivity index (χ4v) is 1.78. The van der Waals surface area contributed by atoms with Crippen LogP contribution in [0.2, 0.25) is 0 Å². The molecule has 2 atom stereocenters. The molecule has 2 unspecified atom stereocenters. The van der Waals surface area contributed by atoms with Crippen molar-refractivity contribution in [1.29, 1.82) is 0 Å². The van der Waals surface area contributed by atoms with E-state index in [-0.39, 0.29) is 18.0 Å². The van der Waals surface area contributed by atoms with Gasteiger partial charge in [-0.1, -0.05) is 32.6 Å². The van der Waals surface area contributed by atoms with E-state index in [0.29, 0.717) is 19.6 Å². The van der Waals surface area contributed by atoms with Gasteiger partial charge in [0.25, 0.3) is 0 Å². The molecule has 1 heterocycles. The van der Waals surface area contributed by atoms with Crippen LogP contribution in [0.15, 0.2) is 0 Å². The molecule has 0 amide bonds. The van der Waals surface area contributed by atoms with Crippen molar-refractivity contribution >= 4 is 12.3 Å². The topological polar surface area (TPSA) is 52.6 Å². The first kappa shape index (κ1) is 14.2. The third kappa shape index (κ3) is 5.31. The van der Waals surface area contributed by atoms with Crippen molar-refractivity contribution in [3.8, 4) is 0 Å². The molecule has 1 aliphatic heterocycles. The van der Waals surface area contributed by atoms with Crippen LogP contribution in [0.4, 0.5) is 0 Å². The highest BCUT2D eigenvalue weighted by Gasteiger charge is 2.32. The number of esters is 1. The Morgan fingerprint density at radius 1 is 1.35 bits per heavy atom. The molecule has 1 aliphatic rings. The lowest BCUT2D eigenvalue weighted by atomic mass is 10.0. The second-order valence-electron chi connectivity index (χ2n) is 4.54. The molecule has 0 radical (unpaired) electrons. The summed E-state index contributed by atoms with van der Waals surface area (Å²) in [6.45, 7) is 3.00. The summed E-state index contributed by atoms with van der Waals surface area (Å²) in [5.74, 6) is -0.0883. The second-order valence-corrected chi connectivity index (χ2v) is 4.54. The highest BCUT2D eigenvalue weighted by Crippen LogP contribution is 2.19. The fraction of sp³-hybridized carbons (Fsp3) is 0.846. The molecule has 4 nitrogen and oxygen atoms in total. The van der Waals surface area contributed by atoms with Gasteiger partial charge in [0.05, 0.1) is 13.2 Å². The zero-order valence-corrected chi connectivity index (χ0v) is 10.5. The third-order valence-electron chi connectivity index (χ3n) is 3.04. The summed E-state index contributed by atoms with van der Waals surface area (Å²) in [6, 6.07) is 0. The molecule has 4 heteroatoms. The first-order chi connectivity index (χ1) is 8.27. The van der Waals surface area contributed by atoms with Crippen molar-refractivity contribution in [2.24, 2.45) is 5.92 Å². The summed E-state index contributed by atoms with van der Waals surface area (Å²) < 4.78 is 10.1. The molecule has 0 N–H and O–H groups in total. The van der Waals surface area contributed by atoms with Crippen LogP contribution in [0, 0.1) is 5.92 Å². The van der Waals surface area contributed by atoms with Crippen molar-refractivity contribution in [1.82, 2.24) is 0 Å². The molecule has 1 saturated heterocycles. The molecular weight excluding hydrogens is 220 g/mol. The van der Waals surface area contributed by atoms with Gasteiger partial charge >= 0.3 is 5.97 Å². The van der Waals surface area contributed by atoms with Crippen LogP contribution in [-0.4, -0.2) is 31.6 Å². The minimum absolute atomic E-state index is 0.0662. The molecule has 0 aliphatic carbocycles. The number of carbonyl (C=O) groups excluding carboxylic acids is 2. The Labute approximate surface area is 103 Å². The molecule has 0 bridgehead atoms. The van der Waals surface area contributed by atoms with Gasteiger partial charge in [-0.25, -0.2) is 0 Å². The SMILES string of the molecule is CCCCCCCC(=O)OCC1COC1C=O. The largest absolute Gasteiger partial charge is 0.465 e. The molecule has 0 spiro atoms. The maximum Gasteiger partial charge on any atom is 0.305 e. The first-order valence-corrected chi connectivity index (χ1v) is 6.50. The minimum atomic E-state index is -0.368. The number of hydrogen-bond donors (Lipinski definition) is 0. The number of rotatable bonds is 9. The van der Waals surface area contributed by atoms with Gasteiger partial charge in [-0.15, -0.1) is 0 Å². The molecule has 17 heavy (non-hydrogen) atoms. The third-order valence-corrected chi connectivity index (χ3v) is 3.04. The average molecular weight is 242 g/mol. The van der Waals surface area contributed by atoms with E-state index < -0.39 is 0 Å². The summed E-state index contributed by atoms with van der Waals surface area (Å²) in [7, 11) is 0. The predicted octanol–water partition coefficient (Wildman–Crippen LogP) is 2.10. The summed E-state index contributed by atoms with van der Waals surface area (Å²) in [5, 5.41) is 0. The summed E-state index contributed by atoms with van der Waals surface area (Å²) in [5.41, 5.74) is 0. The first-order valence-electron chi connectivity index (χ1n) is 6.50. The molecule has 0 aromatic carbocycles. The van der Waals surface area contributed by atoms with Crippen LogP contribution < -0.4 is 0 Å². The van der Waals surface area contributed by atoms with Gasteiger partial charge in [-0.05, 0) is 6.42 Å². The van der Waals surface area contributed by atoms with Crippen LogP contribution in [0.3, 0.4) is 0 Å². The van der Waals surface area contributed by atoms with Crippen LogP contribution in [0.25, 0.3) is 0 Å². The van der Waals surface area contributed by atoms with E-state index in [1.54, 1.807) is 0 Å². The van der Waals surface area contributed by atoms with Gasteiger partial charge in [0.2, 0.25) is 0 Å². The van der Waals surface area contributed by atoms with Gasteiger partial charge < -0.3 is 14.3 Å². The van der Waals surface area contributed by atoms with Crippen molar-refractivity contribution in [3.63, 3.8) is 0 Å². The van der Waals surface area contributed by atoms with Crippen molar-refractivity contribution in [2.45, 2.75) is 51.6 Å². The number of aldehydes is 1. The standard InChI is InChI=1S/C13H22O4/c1-2-3-4-5-6-7-13(15)17-10-11-9-16-12(11)8-14/h8,11-12H,2-7,9-10H2,1H3. The van der Waals surface area contributed by atoms with E-state index in [1.807, 2.05) is 0 Å². The molecular formula is C13H22O4. The summed E-state index contributed by atoms with van der Waals surface area (Å²) in [6.07, 6.45) is 6.51. The number of carbonyl (C=O) groups is 2. The van der Waals surface area contributed by atoms with Crippen molar-refractivity contribution in [3.05, 3.63) is 0 Å². The van der Waals surface area contributed by atoms with E-state index >= 15 is 0 Å². The highest BCUT2D eigenvalue weighted by atomic mass is 16.5. The quantitative estimate of drug-likeness (QED) is 0.353. The Hall–Kier alpha value is -0.900. The van der Waals surface area contributed by atoms with Crippen molar-refractivity contribution < 1.29 is 19.1 Å². The molecule has 0 saturated carbocycles. The van der Waals surface area contributed by atoms with E-state index in [9.17, 15) is 9.59 Å². The van der Waals surface area contributed by atoms with Crippen LogP contribution >= 0.6 is 0 Å². The normalized spacial score (nSPS) is 22.9. The number of hydrogen-bond acceptors (Lipinski definition) is 4. The van der Waals surface area contributed by atoms with E-state index in [0.717, 1.165) is 19.1 Å². The van der Waals surface area contributed by atoms with Gasteiger partial charge in [0.1, 0.15) is 12.4 Å². The Morgan fingerprint density at radius 2 is 2.12 bits per heavy atom. The van der Waals surface area contributed by atoms with Crippen molar-refractivity contribution in [2.75, 3.05) is 13.2 Å². The second kappa shape index (κ2) is 8.23. The van der Waals surface area contributed by atoms with Gasteiger partial charge in [-0.2, -0.15) is 0 Å². The van der Waals surface area contributed by atoms with Gasteiger partial charge in [0.15, 0.2) is 0 Å². The van der Waals surface area contributed by atoms with Gasteiger partial charge in [0, 0.05) is 12.3 Å². The molecule has 98 valence electrons. The van der Waals surface area contributed by atoms with Gasteiger partial charge in [-0.3, -0.25) is 4.79 Å². The van der Waals surface area contributed by atoms with E-state index in [1.165, 1.54) is 19.3 Å². The Kier molecular flexibility index (Phi) is 6.86. The molecule has 0 aromatic rings. The van der Waals surface area contributed by atoms with E-state index in [2.05, 4.69) is 6.92 Å². The maximum absolute atomic E-state index is 11.4. The Morgan fingerprint density at radius 3 is 2.71 bits per heavy atom. The lowest BCUT2D eigenvalue weighted by Gasteiger charge is -2.32. The molecule has 1 rings (SSSR count). The number of ether oxygens (including phenoxy) is 2. The predicted molar refractivity (Wildman–Crippen MR) is 63.6 cm³/mol. The highest BCUT2D eigenvalue weighted by molar-refractivity contribution is 5.69. The Balaban J connectivity index is 1.96. The lowest BCUT2D eigenvalue weighted by Crippen LogP contribution is -2.43. The average Bonchev–Trinajstić information content (AvgIpc) is 2.28. The molecule has 1 fully saturated rings. The minimum Gasteiger partial charge on any atom is -0.465 e. The summed E-state index contributed by atoms with van der Waals surface area (Å²) >= 11 is 0. The fourth-order valence-electron chi connectivity index (χ4n) is 1.78. The van der Waals surface area contributed by atoms with Crippen LogP contribution in [0.5, 0.6) is 0 Å². The lowest BCUT2D eigenvalue weighted by molar-refractivity contribution is -0.166. The smallest absolute Gasteiger partial charge is 0.305 e. The Bertz CT molecular complexity index is 240. The monoisotopic (exact) mass is 242 g/mol. The van der Waals surface area contributed by atoms with Crippen LogP contribution in [0.1, 0.15) is 45.4 Å². The number of unbranched alkanes of at least 4 members (excludes halogenated alkanes) is 4. The maximum atomic E-state index is 11.4. The molecule has 0 aromatic heterocycles. The zero-order valence-electron chi connectivity index (χ0n) is 10.5.